The third kappa shape index (κ3) is 3.55. The van der Waals surface area contributed by atoms with E-state index in [1.807, 2.05) is 6.92 Å². The number of nitrogens with one attached hydrogen (secondary N) is 1. The molecule has 3 aromatic rings. The molecule has 0 aliphatic rings. The highest BCUT2D eigenvalue weighted by Gasteiger charge is 2.12. The highest BCUT2D eigenvalue weighted by Crippen LogP contribution is 2.25. The lowest BCUT2D eigenvalue weighted by Gasteiger charge is -2.08. The Morgan fingerprint density at radius 1 is 1.20 bits per heavy atom. The molecule has 3 rings (SSSR count). The zero-order valence-electron chi connectivity index (χ0n) is 13.7. The fraction of sp³-hybridized carbons (Fsp3) is 0.188. The van der Waals surface area contributed by atoms with Gasteiger partial charge in [-0.2, -0.15) is 9.97 Å². The van der Waals surface area contributed by atoms with Crippen molar-refractivity contribution in [3.05, 3.63) is 30.5 Å². The van der Waals surface area contributed by atoms with Crippen LogP contribution in [-0.2, 0) is 4.74 Å². The molecule has 0 saturated heterocycles. The molecule has 0 unspecified atom stereocenters. The van der Waals surface area contributed by atoms with Gasteiger partial charge in [-0.3, -0.25) is 5.32 Å². The first-order valence-electron chi connectivity index (χ1n) is 7.49. The molecule has 1 amide bonds. The maximum absolute atomic E-state index is 11.2. The number of hydrogen-bond acceptors (Lipinski definition) is 8. The van der Waals surface area contributed by atoms with Gasteiger partial charge in [0, 0.05) is 11.3 Å². The van der Waals surface area contributed by atoms with Gasteiger partial charge in [0.25, 0.3) is 0 Å². The smallest absolute Gasteiger partial charge is 0.411 e. The molecule has 0 fully saturated rings. The quantitative estimate of drug-likeness (QED) is 0.740. The maximum atomic E-state index is 11.2. The number of benzene rings is 1. The fourth-order valence-corrected chi connectivity index (χ4v) is 2.17. The Bertz CT molecular complexity index is 914. The Labute approximate surface area is 143 Å². The molecular formula is C16H16N6O3. The van der Waals surface area contributed by atoms with Gasteiger partial charge in [0.15, 0.2) is 11.2 Å². The van der Waals surface area contributed by atoms with E-state index in [-0.39, 0.29) is 5.95 Å². The molecule has 9 nitrogen and oxygen atoms in total. The van der Waals surface area contributed by atoms with Crippen LogP contribution in [0.3, 0.4) is 0 Å². The number of aromatic nitrogens is 4. The van der Waals surface area contributed by atoms with Crippen LogP contribution >= 0.6 is 0 Å². The molecule has 0 aliphatic heterocycles. The fourth-order valence-electron chi connectivity index (χ4n) is 2.17. The number of rotatable bonds is 4. The number of fused-ring (bicyclic) bond motifs is 1. The highest BCUT2D eigenvalue weighted by molar-refractivity contribution is 5.85. The predicted molar refractivity (Wildman–Crippen MR) is 92.2 cm³/mol. The van der Waals surface area contributed by atoms with Gasteiger partial charge in [-0.05, 0) is 19.1 Å². The molecule has 128 valence electrons. The van der Waals surface area contributed by atoms with E-state index in [0.29, 0.717) is 35.0 Å². The molecule has 9 heteroatoms. The molecule has 3 N–H and O–H groups in total. The topological polar surface area (TPSA) is 125 Å². The number of anilines is 2. The molecule has 0 aliphatic carbocycles. The third-order valence-electron chi connectivity index (χ3n) is 3.29. The lowest BCUT2D eigenvalue weighted by molar-refractivity contribution is 0.187. The second-order valence-corrected chi connectivity index (χ2v) is 4.94. The first-order valence-corrected chi connectivity index (χ1v) is 7.49. The van der Waals surface area contributed by atoms with Gasteiger partial charge in [0.1, 0.15) is 0 Å². The second-order valence-electron chi connectivity index (χ2n) is 4.94. The number of amides is 1. The summed E-state index contributed by atoms with van der Waals surface area (Å²) < 4.78 is 10.0. The van der Waals surface area contributed by atoms with Crippen molar-refractivity contribution in [2.75, 3.05) is 24.8 Å². The first-order chi connectivity index (χ1) is 12.1. The van der Waals surface area contributed by atoms with Gasteiger partial charge in [-0.1, -0.05) is 12.1 Å². The molecule has 0 bridgehead atoms. The van der Waals surface area contributed by atoms with Crippen molar-refractivity contribution in [2.24, 2.45) is 0 Å². The van der Waals surface area contributed by atoms with Crippen LogP contribution in [0.25, 0.3) is 22.4 Å². The van der Waals surface area contributed by atoms with Crippen LogP contribution in [0.1, 0.15) is 6.92 Å². The lowest BCUT2D eigenvalue weighted by atomic mass is 10.1. The normalized spacial score (nSPS) is 10.5. The van der Waals surface area contributed by atoms with E-state index in [0.717, 1.165) is 5.56 Å². The Hall–Kier alpha value is -3.49. The molecule has 2 aromatic heterocycles. The number of hydrogen-bond donors (Lipinski definition) is 2. The number of carbonyl (C=O) groups is 1. The number of ether oxygens (including phenoxy) is 2. The van der Waals surface area contributed by atoms with Crippen molar-refractivity contribution in [3.8, 4) is 17.1 Å². The largest absolute Gasteiger partial charge is 0.476 e. The van der Waals surface area contributed by atoms with Crippen LogP contribution in [0.2, 0.25) is 0 Å². The van der Waals surface area contributed by atoms with Gasteiger partial charge in [-0.15, -0.1) is 0 Å². The number of nitrogens with two attached hydrogens (primary N) is 1. The van der Waals surface area contributed by atoms with Crippen LogP contribution in [0.4, 0.5) is 16.4 Å². The Morgan fingerprint density at radius 2 is 1.96 bits per heavy atom. The van der Waals surface area contributed by atoms with Crippen LogP contribution in [-0.4, -0.2) is 39.7 Å². The zero-order valence-corrected chi connectivity index (χ0v) is 13.7. The molecule has 0 atom stereocenters. The monoisotopic (exact) mass is 340 g/mol. The van der Waals surface area contributed by atoms with E-state index in [1.54, 1.807) is 30.5 Å². The summed E-state index contributed by atoms with van der Waals surface area (Å²) in [6, 6.07) is 7.08. The minimum Gasteiger partial charge on any atom is -0.476 e. The molecule has 2 heterocycles. The minimum atomic E-state index is -0.533. The summed E-state index contributed by atoms with van der Waals surface area (Å²) in [5.41, 5.74) is 8.49. The summed E-state index contributed by atoms with van der Waals surface area (Å²) in [4.78, 5) is 28.2. The summed E-state index contributed by atoms with van der Waals surface area (Å²) in [7, 11) is 1.30. The van der Waals surface area contributed by atoms with Crippen molar-refractivity contribution in [2.45, 2.75) is 6.92 Å². The summed E-state index contributed by atoms with van der Waals surface area (Å²) in [6.07, 6.45) is 1.06. The first kappa shape index (κ1) is 16.4. The van der Waals surface area contributed by atoms with Gasteiger partial charge >= 0.3 is 6.09 Å². The van der Waals surface area contributed by atoms with Crippen LogP contribution in [0, 0.1) is 0 Å². The van der Waals surface area contributed by atoms with Crippen molar-refractivity contribution in [1.82, 2.24) is 19.9 Å². The lowest BCUT2D eigenvalue weighted by Crippen LogP contribution is -2.10. The third-order valence-corrected chi connectivity index (χ3v) is 3.29. The van der Waals surface area contributed by atoms with Gasteiger partial charge in [-0.25, -0.2) is 14.8 Å². The average Bonchev–Trinajstić information content (AvgIpc) is 2.62. The second kappa shape index (κ2) is 6.95. The van der Waals surface area contributed by atoms with E-state index in [2.05, 4.69) is 30.0 Å². The zero-order chi connectivity index (χ0) is 17.8. The molecular weight excluding hydrogens is 324 g/mol. The standard InChI is InChI=1S/C16H16N6O3/c1-3-25-14-12-13(21-15(17)22-14)18-8-11(20-12)9-4-6-10(7-5-9)19-16(23)24-2/h4-8H,3H2,1-2H3,(H,19,23)(H2,17,18,21,22). The van der Waals surface area contributed by atoms with Gasteiger partial charge < -0.3 is 15.2 Å². The number of carbonyl (C=O) groups excluding carboxylic acids is 1. The van der Waals surface area contributed by atoms with Crippen molar-refractivity contribution in [1.29, 1.82) is 0 Å². The van der Waals surface area contributed by atoms with Gasteiger partial charge in [0.05, 0.1) is 25.6 Å². The molecule has 1 aromatic carbocycles. The summed E-state index contributed by atoms with van der Waals surface area (Å²) >= 11 is 0. The van der Waals surface area contributed by atoms with E-state index in [1.165, 1.54) is 7.11 Å². The van der Waals surface area contributed by atoms with E-state index >= 15 is 0 Å². The van der Waals surface area contributed by atoms with E-state index in [9.17, 15) is 4.79 Å². The number of nitrogen functional groups attached to an aromatic ring is 1. The predicted octanol–water partition coefficient (Wildman–Crippen LogP) is 2.25. The van der Waals surface area contributed by atoms with Crippen LogP contribution in [0.15, 0.2) is 30.5 Å². The van der Waals surface area contributed by atoms with E-state index < -0.39 is 6.09 Å². The van der Waals surface area contributed by atoms with Crippen molar-refractivity contribution < 1.29 is 14.3 Å². The van der Waals surface area contributed by atoms with E-state index in [4.69, 9.17) is 10.5 Å². The van der Waals surface area contributed by atoms with Crippen molar-refractivity contribution >= 4 is 28.9 Å². The minimum absolute atomic E-state index is 0.0798. The number of methoxy groups -OCH3 is 1. The Morgan fingerprint density at radius 3 is 2.64 bits per heavy atom. The Balaban J connectivity index is 1.97. The maximum Gasteiger partial charge on any atom is 0.411 e. The highest BCUT2D eigenvalue weighted by atomic mass is 16.5. The molecule has 0 radical (unpaired) electrons. The van der Waals surface area contributed by atoms with Crippen LogP contribution < -0.4 is 15.8 Å². The summed E-state index contributed by atoms with van der Waals surface area (Å²) in [6.45, 7) is 2.26. The summed E-state index contributed by atoms with van der Waals surface area (Å²) in [5, 5.41) is 2.58. The Kier molecular flexibility index (Phi) is 4.55. The average molecular weight is 340 g/mol. The molecule has 25 heavy (non-hydrogen) atoms. The molecule has 0 saturated carbocycles. The summed E-state index contributed by atoms with van der Waals surface area (Å²) in [5.74, 6) is 0.375. The number of nitrogens with zero attached hydrogens (tertiary/aromatic N) is 4. The van der Waals surface area contributed by atoms with Gasteiger partial charge in [0.2, 0.25) is 11.8 Å². The van der Waals surface area contributed by atoms with Crippen molar-refractivity contribution in [3.63, 3.8) is 0 Å². The molecule has 0 spiro atoms. The van der Waals surface area contributed by atoms with Crippen LogP contribution in [0.5, 0.6) is 5.88 Å². The SMILES string of the molecule is CCOc1nc(N)nc2ncc(-c3ccc(NC(=O)OC)cc3)nc12.